The Kier molecular flexibility index (Phi) is 5.95. The predicted octanol–water partition coefficient (Wildman–Crippen LogP) is -2.11. The van der Waals surface area contributed by atoms with Crippen molar-refractivity contribution in [1.29, 1.82) is 0 Å². The molecule has 1 amide bonds. The number of amides is 1. The van der Waals surface area contributed by atoms with Gasteiger partial charge in [0, 0.05) is 0 Å². The number of fused-ring (bicyclic) bond motifs is 1. The first kappa shape index (κ1) is 17.8. The topological polar surface area (TPSA) is 103 Å². The zero-order chi connectivity index (χ0) is 17.6. The van der Waals surface area contributed by atoms with Gasteiger partial charge in [0.25, 0.3) is 0 Å². The van der Waals surface area contributed by atoms with Gasteiger partial charge in [-0.15, -0.1) is 0 Å². The van der Waals surface area contributed by atoms with Gasteiger partial charge in [-0.25, -0.2) is 0 Å². The van der Waals surface area contributed by atoms with E-state index in [0.717, 1.165) is 28.4 Å². The number of nitrogens with one attached hydrogen (secondary N) is 1. The Bertz CT molecular complexity index is 738. The van der Waals surface area contributed by atoms with E-state index in [1.807, 2.05) is 42.5 Å². The molecular formula is C17H18IN2O5-. The Balaban J connectivity index is 1.55. The third kappa shape index (κ3) is 4.53. The molecule has 3 rings (SSSR count). The molecule has 0 aromatic heterocycles. The number of alkyl halides is 1. The Hall–Kier alpha value is -2.04. The molecule has 1 atom stereocenters. The zero-order valence-corrected chi connectivity index (χ0v) is 15.4. The molecule has 4 N–H and O–H groups in total. The Morgan fingerprint density at radius 3 is 2.80 bits per heavy atom. The number of halogens is 1. The second-order valence-corrected chi connectivity index (χ2v) is 7.13. The molecule has 0 saturated heterocycles. The zero-order valence-electron chi connectivity index (χ0n) is 13.3. The second kappa shape index (κ2) is 8.37. The summed E-state index contributed by atoms with van der Waals surface area (Å²) in [5.41, 5.74) is 7.09. The first-order valence-corrected chi connectivity index (χ1v) is 9.77. The molecular weight excluding hydrogens is 439 g/mol. The van der Waals surface area contributed by atoms with Crippen LogP contribution in [0.25, 0.3) is 0 Å². The van der Waals surface area contributed by atoms with Crippen molar-refractivity contribution >= 4 is 5.91 Å². The van der Waals surface area contributed by atoms with E-state index < -0.39 is 31.6 Å². The third-order valence-electron chi connectivity index (χ3n) is 3.63. The van der Waals surface area contributed by atoms with Crippen LogP contribution < -0.4 is 46.9 Å². The van der Waals surface area contributed by atoms with Crippen molar-refractivity contribution in [3.05, 3.63) is 53.6 Å². The molecule has 0 aliphatic carbocycles. The van der Waals surface area contributed by atoms with Crippen molar-refractivity contribution < 1.29 is 44.1 Å². The molecule has 0 bridgehead atoms. The van der Waals surface area contributed by atoms with Gasteiger partial charge in [0.15, 0.2) is 0 Å². The van der Waals surface area contributed by atoms with Gasteiger partial charge in [-0.1, -0.05) is 0 Å². The van der Waals surface area contributed by atoms with Gasteiger partial charge in [-0.3, -0.25) is 0 Å². The summed E-state index contributed by atoms with van der Waals surface area (Å²) in [5, 5.41) is 2.94. The molecule has 0 saturated carbocycles. The molecule has 7 nitrogen and oxygen atoms in total. The number of carbonyl (C=O) groups excluding carboxylic acids is 1. The number of hydrogen-bond donors (Lipinski definition) is 3. The quantitative estimate of drug-likeness (QED) is 0.238. The number of carbonyl (C=O) groups is 1. The average Bonchev–Trinajstić information content (AvgIpc) is 3.10. The summed E-state index contributed by atoms with van der Waals surface area (Å²) in [6, 6.07) is 13.2. The molecule has 1 heterocycles. The van der Waals surface area contributed by atoms with Gasteiger partial charge in [0.2, 0.25) is 6.79 Å². The van der Waals surface area contributed by atoms with Gasteiger partial charge in [-0.2, -0.15) is 0 Å². The summed E-state index contributed by atoms with van der Waals surface area (Å²) in [7, 11) is 0. The van der Waals surface area contributed by atoms with Crippen LogP contribution in [0.5, 0.6) is 17.2 Å². The van der Waals surface area contributed by atoms with Gasteiger partial charge in [0.1, 0.15) is 0 Å². The van der Waals surface area contributed by atoms with Gasteiger partial charge in [-0.05, 0) is 6.07 Å². The van der Waals surface area contributed by atoms with Crippen LogP contribution in [-0.4, -0.2) is 20.2 Å². The summed E-state index contributed by atoms with van der Waals surface area (Å²) in [6.45, 7) is 1.06. The number of hydrogen-bond acceptors (Lipinski definition) is 6. The first-order valence-electron chi connectivity index (χ1n) is 7.56. The molecule has 25 heavy (non-hydrogen) atoms. The molecule has 0 unspecified atom stereocenters. The first-order chi connectivity index (χ1) is 12.2. The fraction of sp³-hybridized carbons (Fsp3) is 0.235. The number of nitrogens with two attached hydrogens (primary N) is 1. The SMILES string of the molecule is NC(=O)[C@@H](NCc1ccc(OCc2cccc3c2OCO3)cc1)[I-]O. The van der Waals surface area contributed by atoms with Gasteiger partial charge in [0.05, 0.1) is 0 Å². The number of para-hydroxylation sites is 1. The third-order valence-corrected chi connectivity index (χ3v) is 5.24. The van der Waals surface area contributed by atoms with Crippen LogP contribution in [0, 0.1) is 0 Å². The Morgan fingerprint density at radius 2 is 2.08 bits per heavy atom. The number of ether oxygens (including phenoxy) is 3. The van der Waals surface area contributed by atoms with Crippen LogP contribution in [0.2, 0.25) is 0 Å². The normalized spacial score (nSPS) is 13.6. The molecule has 2 aromatic carbocycles. The van der Waals surface area contributed by atoms with E-state index in [2.05, 4.69) is 5.32 Å². The fourth-order valence-corrected chi connectivity index (χ4v) is 3.05. The number of benzene rings is 2. The van der Waals surface area contributed by atoms with E-state index in [1.165, 1.54) is 0 Å². The molecule has 8 heteroatoms. The molecule has 0 radical (unpaired) electrons. The van der Waals surface area contributed by atoms with Crippen molar-refractivity contribution in [2.75, 3.05) is 6.79 Å². The second-order valence-electron chi connectivity index (χ2n) is 5.33. The summed E-state index contributed by atoms with van der Waals surface area (Å²) in [4.78, 5) is 11.1. The summed E-state index contributed by atoms with van der Waals surface area (Å²) in [5.74, 6) is 1.66. The minimum absolute atomic E-state index is 0.233. The van der Waals surface area contributed by atoms with E-state index in [1.54, 1.807) is 0 Å². The molecule has 0 fully saturated rings. The van der Waals surface area contributed by atoms with Crippen LogP contribution in [0.4, 0.5) is 0 Å². The maximum absolute atomic E-state index is 11.1. The van der Waals surface area contributed by atoms with Crippen LogP contribution in [0.3, 0.4) is 0 Å². The van der Waals surface area contributed by atoms with Crippen LogP contribution >= 0.6 is 0 Å². The van der Waals surface area contributed by atoms with E-state index in [0.29, 0.717) is 13.2 Å². The molecule has 2 aromatic rings. The van der Waals surface area contributed by atoms with E-state index in [9.17, 15) is 8.23 Å². The number of rotatable bonds is 8. The van der Waals surface area contributed by atoms with Gasteiger partial charge >= 0.3 is 138 Å². The predicted molar refractivity (Wildman–Crippen MR) is 85.4 cm³/mol. The van der Waals surface area contributed by atoms with Crippen LogP contribution in [0.1, 0.15) is 11.1 Å². The standard InChI is InChI=1S/C17H18IN2O5/c19-17(21)16(18-22)20-8-11-4-6-13(7-5-11)23-9-12-2-1-3-14-15(12)25-10-24-14/h1-7,16,20,22H,8-10H2,(H2,19,21)/q-1/t16-/m1/s1. The molecule has 0 spiro atoms. The number of primary amides is 1. The summed E-state index contributed by atoms with van der Waals surface area (Å²) < 4.78 is 25.1. The Morgan fingerprint density at radius 1 is 1.28 bits per heavy atom. The van der Waals surface area contributed by atoms with Crippen molar-refractivity contribution in [3.8, 4) is 17.2 Å². The average molecular weight is 457 g/mol. The van der Waals surface area contributed by atoms with Crippen molar-refractivity contribution in [1.82, 2.24) is 5.32 Å². The van der Waals surface area contributed by atoms with E-state index >= 15 is 0 Å². The van der Waals surface area contributed by atoms with Crippen molar-refractivity contribution in [3.63, 3.8) is 0 Å². The molecule has 134 valence electrons. The van der Waals surface area contributed by atoms with E-state index in [4.69, 9.17) is 19.9 Å². The Labute approximate surface area is 155 Å². The van der Waals surface area contributed by atoms with Crippen LogP contribution in [-0.2, 0) is 17.9 Å². The fourth-order valence-electron chi connectivity index (χ4n) is 2.36. The summed E-state index contributed by atoms with van der Waals surface area (Å²) in [6.07, 6.45) is 0. The van der Waals surface area contributed by atoms with E-state index in [-0.39, 0.29) is 6.79 Å². The maximum atomic E-state index is 11.1. The summed E-state index contributed by atoms with van der Waals surface area (Å²) >= 11 is -1.27. The van der Waals surface area contributed by atoms with Crippen LogP contribution in [0.15, 0.2) is 42.5 Å². The van der Waals surface area contributed by atoms with Crippen molar-refractivity contribution in [2.45, 2.75) is 17.2 Å². The minimum atomic E-state index is -1.27. The monoisotopic (exact) mass is 457 g/mol. The molecule has 1 aliphatic rings. The molecule has 1 aliphatic heterocycles. The van der Waals surface area contributed by atoms with Crippen molar-refractivity contribution in [2.24, 2.45) is 5.73 Å². The van der Waals surface area contributed by atoms with Gasteiger partial charge < -0.3 is 4.74 Å².